The number of carbonyl (C=O) groups is 1. The second-order valence-corrected chi connectivity index (χ2v) is 5.10. The van der Waals surface area contributed by atoms with Gasteiger partial charge in [-0.25, -0.2) is 0 Å². The van der Waals surface area contributed by atoms with E-state index in [4.69, 9.17) is 26.8 Å². The summed E-state index contributed by atoms with van der Waals surface area (Å²) in [6.07, 6.45) is -0.688. The smallest absolute Gasteiger partial charge is 0.265 e. The van der Waals surface area contributed by atoms with Crippen LogP contribution in [0.5, 0.6) is 11.5 Å². The molecule has 0 fully saturated rings. The Bertz CT molecular complexity index is 659. The summed E-state index contributed by atoms with van der Waals surface area (Å²) in [6.45, 7) is 1.66. The minimum absolute atomic E-state index is 0.307. The van der Waals surface area contributed by atoms with Crippen LogP contribution >= 0.6 is 11.6 Å². The molecule has 0 saturated heterocycles. The Kier molecular flexibility index (Phi) is 5.12. The van der Waals surface area contributed by atoms with E-state index in [1.54, 1.807) is 49.4 Å². The number of benzene rings is 2. The number of rotatable bonds is 5. The van der Waals surface area contributed by atoms with E-state index >= 15 is 0 Å². The van der Waals surface area contributed by atoms with Crippen LogP contribution in [0, 0.1) is 0 Å². The summed E-state index contributed by atoms with van der Waals surface area (Å²) < 4.78 is 10.8. The summed E-state index contributed by atoms with van der Waals surface area (Å²) in [5, 5.41) is 3.34. The van der Waals surface area contributed by atoms with E-state index in [2.05, 4.69) is 5.32 Å². The van der Waals surface area contributed by atoms with Gasteiger partial charge in [-0.1, -0.05) is 11.6 Å². The van der Waals surface area contributed by atoms with E-state index in [9.17, 15) is 4.79 Å². The van der Waals surface area contributed by atoms with Crippen LogP contribution in [0.3, 0.4) is 0 Å². The molecule has 116 valence electrons. The highest BCUT2D eigenvalue weighted by Gasteiger charge is 2.17. The lowest BCUT2D eigenvalue weighted by Crippen LogP contribution is -2.30. The van der Waals surface area contributed by atoms with Crippen molar-refractivity contribution in [3.05, 3.63) is 47.5 Å². The Morgan fingerprint density at radius 1 is 1.23 bits per heavy atom. The summed E-state index contributed by atoms with van der Waals surface area (Å²) in [5.41, 5.74) is 6.75. The van der Waals surface area contributed by atoms with Gasteiger partial charge in [0.15, 0.2) is 6.10 Å². The first-order valence-electron chi connectivity index (χ1n) is 6.66. The highest BCUT2D eigenvalue weighted by atomic mass is 35.5. The van der Waals surface area contributed by atoms with Gasteiger partial charge >= 0.3 is 0 Å². The topological polar surface area (TPSA) is 73.6 Å². The molecule has 5 nitrogen and oxygen atoms in total. The summed E-state index contributed by atoms with van der Waals surface area (Å²) >= 11 is 5.81. The van der Waals surface area contributed by atoms with Crippen molar-refractivity contribution in [3.63, 3.8) is 0 Å². The molecule has 2 aromatic carbocycles. The first-order valence-corrected chi connectivity index (χ1v) is 7.04. The van der Waals surface area contributed by atoms with Crippen LogP contribution < -0.4 is 20.5 Å². The molecule has 22 heavy (non-hydrogen) atoms. The lowest BCUT2D eigenvalue weighted by Gasteiger charge is -2.16. The Hall–Kier alpha value is -2.40. The molecule has 0 aromatic heterocycles. The van der Waals surface area contributed by atoms with E-state index in [0.29, 0.717) is 27.9 Å². The van der Waals surface area contributed by atoms with E-state index < -0.39 is 6.10 Å². The van der Waals surface area contributed by atoms with E-state index in [0.717, 1.165) is 0 Å². The molecular weight excluding hydrogens is 304 g/mol. The molecule has 0 saturated carbocycles. The third-order valence-electron chi connectivity index (χ3n) is 2.98. The van der Waals surface area contributed by atoms with Crippen LogP contribution in [0.2, 0.25) is 5.02 Å². The van der Waals surface area contributed by atoms with Crippen LogP contribution in [0.1, 0.15) is 6.92 Å². The number of hydrogen-bond acceptors (Lipinski definition) is 4. The van der Waals surface area contributed by atoms with Crippen molar-refractivity contribution in [2.24, 2.45) is 0 Å². The Labute approximate surface area is 134 Å². The van der Waals surface area contributed by atoms with Crippen molar-refractivity contribution in [2.75, 3.05) is 18.2 Å². The minimum atomic E-state index is -0.688. The van der Waals surface area contributed by atoms with Crippen LogP contribution in [0.25, 0.3) is 0 Å². The number of ether oxygens (including phenoxy) is 2. The monoisotopic (exact) mass is 320 g/mol. The highest BCUT2D eigenvalue weighted by molar-refractivity contribution is 6.30. The van der Waals surface area contributed by atoms with Crippen LogP contribution in [0.15, 0.2) is 42.5 Å². The van der Waals surface area contributed by atoms with Crippen molar-refractivity contribution >= 4 is 28.9 Å². The summed E-state index contributed by atoms with van der Waals surface area (Å²) in [5.74, 6) is 0.784. The number of halogens is 1. The molecule has 2 rings (SSSR count). The molecule has 6 heteroatoms. The average molecular weight is 321 g/mol. The summed E-state index contributed by atoms with van der Waals surface area (Å²) in [4.78, 5) is 12.2. The zero-order valence-electron chi connectivity index (χ0n) is 12.3. The van der Waals surface area contributed by atoms with Crippen LogP contribution in [0.4, 0.5) is 11.4 Å². The van der Waals surface area contributed by atoms with Crippen molar-refractivity contribution in [1.29, 1.82) is 0 Å². The van der Waals surface area contributed by atoms with Gasteiger partial charge < -0.3 is 20.5 Å². The molecule has 0 heterocycles. The Morgan fingerprint density at radius 3 is 2.55 bits per heavy atom. The first-order chi connectivity index (χ1) is 10.5. The summed E-state index contributed by atoms with van der Waals surface area (Å²) in [7, 11) is 1.52. The molecule has 0 aliphatic heterocycles. The first kappa shape index (κ1) is 16.0. The lowest BCUT2D eigenvalue weighted by atomic mass is 10.2. The molecule has 2 aromatic rings. The molecular formula is C16H17ClN2O3. The van der Waals surface area contributed by atoms with Gasteiger partial charge in [-0.2, -0.15) is 0 Å². The van der Waals surface area contributed by atoms with Gasteiger partial charge in [-0.3, -0.25) is 4.79 Å². The number of carbonyl (C=O) groups excluding carboxylic acids is 1. The second kappa shape index (κ2) is 7.04. The quantitative estimate of drug-likeness (QED) is 0.829. The summed E-state index contributed by atoms with van der Waals surface area (Å²) in [6, 6.07) is 11.8. The number of hydrogen-bond donors (Lipinski definition) is 2. The maximum Gasteiger partial charge on any atom is 0.265 e. The number of nitrogen functional groups attached to an aromatic ring is 1. The number of methoxy groups -OCH3 is 1. The highest BCUT2D eigenvalue weighted by Crippen LogP contribution is 2.27. The zero-order valence-corrected chi connectivity index (χ0v) is 13.1. The van der Waals surface area contributed by atoms with Gasteiger partial charge in [0, 0.05) is 10.7 Å². The molecule has 0 unspecified atom stereocenters. The third-order valence-corrected chi connectivity index (χ3v) is 3.23. The SMILES string of the molecule is COc1ccc(N)cc1NC(=O)[C@H](C)Oc1ccc(Cl)cc1. The fraction of sp³-hybridized carbons (Fsp3) is 0.188. The van der Waals surface area contributed by atoms with Gasteiger partial charge in [0.2, 0.25) is 0 Å². The Balaban J connectivity index is 2.05. The van der Waals surface area contributed by atoms with Gasteiger partial charge in [0.25, 0.3) is 5.91 Å². The van der Waals surface area contributed by atoms with Crippen molar-refractivity contribution in [1.82, 2.24) is 0 Å². The number of nitrogens with one attached hydrogen (secondary N) is 1. The normalized spacial score (nSPS) is 11.6. The van der Waals surface area contributed by atoms with Gasteiger partial charge in [0.05, 0.1) is 12.8 Å². The lowest BCUT2D eigenvalue weighted by molar-refractivity contribution is -0.122. The van der Waals surface area contributed by atoms with Gasteiger partial charge in [0.1, 0.15) is 11.5 Å². The number of anilines is 2. The van der Waals surface area contributed by atoms with Crippen LogP contribution in [-0.2, 0) is 4.79 Å². The maximum absolute atomic E-state index is 12.2. The Morgan fingerprint density at radius 2 is 1.91 bits per heavy atom. The molecule has 0 radical (unpaired) electrons. The van der Waals surface area contributed by atoms with Crippen molar-refractivity contribution < 1.29 is 14.3 Å². The molecule has 0 aliphatic rings. The predicted molar refractivity (Wildman–Crippen MR) is 87.6 cm³/mol. The molecule has 1 amide bonds. The fourth-order valence-corrected chi connectivity index (χ4v) is 1.95. The van der Waals surface area contributed by atoms with E-state index in [1.165, 1.54) is 7.11 Å². The van der Waals surface area contributed by atoms with Gasteiger partial charge in [-0.15, -0.1) is 0 Å². The fourth-order valence-electron chi connectivity index (χ4n) is 1.83. The standard InChI is InChI=1S/C16H17ClN2O3/c1-10(22-13-6-3-11(17)4-7-13)16(20)19-14-9-12(18)5-8-15(14)21-2/h3-10H,18H2,1-2H3,(H,19,20)/t10-/m0/s1. The van der Waals surface area contributed by atoms with Gasteiger partial charge in [-0.05, 0) is 49.4 Å². The van der Waals surface area contributed by atoms with E-state index in [-0.39, 0.29) is 5.91 Å². The zero-order chi connectivity index (χ0) is 16.1. The molecule has 3 N–H and O–H groups in total. The minimum Gasteiger partial charge on any atom is -0.495 e. The largest absolute Gasteiger partial charge is 0.495 e. The average Bonchev–Trinajstić information content (AvgIpc) is 2.49. The van der Waals surface area contributed by atoms with Crippen molar-refractivity contribution in [2.45, 2.75) is 13.0 Å². The number of nitrogens with two attached hydrogens (primary N) is 1. The predicted octanol–water partition coefficient (Wildman–Crippen LogP) is 3.34. The molecule has 0 bridgehead atoms. The maximum atomic E-state index is 12.2. The molecule has 1 atom stereocenters. The van der Waals surface area contributed by atoms with E-state index in [1.807, 2.05) is 0 Å². The second-order valence-electron chi connectivity index (χ2n) is 4.66. The molecule has 0 aliphatic carbocycles. The van der Waals surface area contributed by atoms with Crippen molar-refractivity contribution in [3.8, 4) is 11.5 Å². The molecule has 0 spiro atoms. The van der Waals surface area contributed by atoms with Crippen LogP contribution in [-0.4, -0.2) is 19.1 Å². The third kappa shape index (κ3) is 4.05. The number of amides is 1.